The molecule has 0 saturated carbocycles. The number of halogens is 1. The number of carbonyl (C=O) groups excluding carboxylic acids is 1. The number of phenols is 1. The highest BCUT2D eigenvalue weighted by atomic mass is 19.1. The number of rotatable bonds is 2. The molecule has 12 heavy (non-hydrogen) atoms. The van der Waals surface area contributed by atoms with E-state index in [0.29, 0.717) is 0 Å². The molecular weight excluding hydrogens is 161 g/mol. The Hall–Kier alpha value is -1.42. The largest absolute Gasteiger partial charge is 0.508 e. The van der Waals surface area contributed by atoms with E-state index in [2.05, 4.69) is 0 Å². The van der Waals surface area contributed by atoms with E-state index >= 15 is 0 Å². The molecular formula is C8H8FNO2. The highest BCUT2D eigenvalue weighted by molar-refractivity contribution is 5.97. The fourth-order valence-corrected chi connectivity index (χ4v) is 0.840. The number of benzene rings is 1. The summed E-state index contributed by atoms with van der Waals surface area (Å²) in [6, 6.07) is 3.33. The Morgan fingerprint density at radius 1 is 1.58 bits per heavy atom. The monoisotopic (exact) mass is 169 g/mol. The zero-order valence-electron chi connectivity index (χ0n) is 6.25. The summed E-state index contributed by atoms with van der Waals surface area (Å²) in [4.78, 5) is 10.9. The summed E-state index contributed by atoms with van der Waals surface area (Å²) < 4.78 is 12.9. The van der Waals surface area contributed by atoms with E-state index in [1.807, 2.05) is 0 Å². The molecule has 0 unspecified atom stereocenters. The first-order valence-electron chi connectivity index (χ1n) is 3.37. The van der Waals surface area contributed by atoms with Gasteiger partial charge in [0.1, 0.15) is 11.6 Å². The number of aromatic hydroxyl groups is 1. The molecule has 64 valence electrons. The Balaban J connectivity index is 3.09. The van der Waals surface area contributed by atoms with Crippen LogP contribution in [0.25, 0.3) is 0 Å². The van der Waals surface area contributed by atoms with Gasteiger partial charge in [0.15, 0.2) is 5.78 Å². The molecule has 4 heteroatoms. The standard InChI is InChI=1S/C8H8FNO2/c9-7-3-5(11)1-2-6(7)8(12)4-10/h1-3,11H,4,10H2. The van der Waals surface area contributed by atoms with Crippen LogP contribution in [0.15, 0.2) is 18.2 Å². The lowest BCUT2D eigenvalue weighted by atomic mass is 10.1. The van der Waals surface area contributed by atoms with Gasteiger partial charge in [-0.2, -0.15) is 0 Å². The van der Waals surface area contributed by atoms with Crippen LogP contribution in [-0.2, 0) is 0 Å². The molecule has 0 atom stereocenters. The summed E-state index contributed by atoms with van der Waals surface area (Å²) in [5.74, 6) is -1.43. The minimum absolute atomic E-state index is 0.0877. The van der Waals surface area contributed by atoms with Gasteiger partial charge in [0.25, 0.3) is 0 Å². The SMILES string of the molecule is NCC(=O)c1ccc(O)cc1F. The number of Topliss-reactive ketones (excluding diaryl/α,β-unsaturated/α-hetero) is 1. The molecule has 0 heterocycles. The average Bonchev–Trinajstić information content (AvgIpc) is 2.03. The molecule has 1 aromatic carbocycles. The van der Waals surface area contributed by atoms with Gasteiger partial charge in [0.05, 0.1) is 12.1 Å². The quantitative estimate of drug-likeness (QED) is 0.639. The molecule has 0 bridgehead atoms. The Labute approximate surface area is 68.6 Å². The van der Waals surface area contributed by atoms with Crippen molar-refractivity contribution in [2.45, 2.75) is 0 Å². The van der Waals surface area contributed by atoms with Crippen LogP contribution in [0, 0.1) is 5.82 Å². The van der Waals surface area contributed by atoms with Crippen molar-refractivity contribution in [1.29, 1.82) is 0 Å². The van der Waals surface area contributed by atoms with Crippen molar-refractivity contribution in [3.8, 4) is 5.75 Å². The second-order valence-corrected chi connectivity index (χ2v) is 2.29. The van der Waals surface area contributed by atoms with Crippen molar-refractivity contribution >= 4 is 5.78 Å². The van der Waals surface area contributed by atoms with Crippen LogP contribution < -0.4 is 5.73 Å². The van der Waals surface area contributed by atoms with E-state index in [4.69, 9.17) is 10.8 Å². The molecule has 3 nitrogen and oxygen atoms in total. The second kappa shape index (κ2) is 3.32. The van der Waals surface area contributed by atoms with E-state index in [0.717, 1.165) is 6.07 Å². The van der Waals surface area contributed by atoms with Crippen LogP contribution in [0.1, 0.15) is 10.4 Å². The lowest BCUT2D eigenvalue weighted by Crippen LogP contribution is -2.14. The van der Waals surface area contributed by atoms with Crippen LogP contribution in [0.4, 0.5) is 4.39 Å². The van der Waals surface area contributed by atoms with Crippen molar-refractivity contribution in [2.75, 3.05) is 6.54 Å². The lowest BCUT2D eigenvalue weighted by Gasteiger charge is -1.99. The smallest absolute Gasteiger partial charge is 0.179 e. The highest BCUT2D eigenvalue weighted by Gasteiger charge is 2.09. The van der Waals surface area contributed by atoms with E-state index in [-0.39, 0.29) is 17.9 Å². The van der Waals surface area contributed by atoms with Crippen LogP contribution in [-0.4, -0.2) is 17.4 Å². The van der Waals surface area contributed by atoms with Crippen molar-refractivity contribution in [2.24, 2.45) is 5.73 Å². The molecule has 0 aliphatic heterocycles. The van der Waals surface area contributed by atoms with Crippen LogP contribution >= 0.6 is 0 Å². The summed E-state index contributed by atoms with van der Waals surface area (Å²) in [7, 11) is 0. The van der Waals surface area contributed by atoms with Gasteiger partial charge in [0, 0.05) is 6.07 Å². The number of phenolic OH excluding ortho intramolecular Hbond substituents is 1. The van der Waals surface area contributed by atoms with Gasteiger partial charge in [-0.3, -0.25) is 4.79 Å². The van der Waals surface area contributed by atoms with Gasteiger partial charge in [-0.05, 0) is 12.1 Å². The first-order valence-corrected chi connectivity index (χ1v) is 3.37. The number of hydrogen-bond acceptors (Lipinski definition) is 3. The minimum atomic E-state index is -0.745. The number of nitrogens with two attached hydrogens (primary N) is 1. The molecule has 0 amide bonds. The lowest BCUT2D eigenvalue weighted by molar-refractivity contribution is 0.0997. The zero-order valence-corrected chi connectivity index (χ0v) is 6.25. The Morgan fingerprint density at radius 2 is 2.25 bits per heavy atom. The molecule has 1 rings (SSSR count). The van der Waals surface area contributed by atoms with E-state index < -0.39 is 11.6 Å². The van der Waals surface area contributed by atoms with E-state index in [1.165, 1.54) is 12.1 Å². The summed E-state index contributed by atoms with van der Waals surface area (Å²) in [5, 5.41) is 8.81. The van der Waals surface area contributed by atoms with Crippen LogP contribution in [0.3, 0.4) is 0 Å². The van der Waals surface area contributed by atoms with Crippen molar-refractivity contribution in [3.05, 3.63) is 29.6 Å². The summed E-state index contributed by atoms with van der Waals surface area (Å²) >= 11 is 0. The Kier molecular flexibility index (Phi) is 2.40. The maximum atomic E-state index is 12.9. The predicted octanol–water partition coefficient (Wildman–Crippen LogP) is 0.673. The first kappa shape index (κ1) is 8.67. The third-order valence-electron chi connectivity index (χ3n) is 1.44. The third-order valence-corrected chi connectivity index (χ3v) is 1.44. The molecule has 0 fully saturated rings. The predicted molar refractivity (Wildman–Crippen MR) is 41.4 cm³/mol. The van der Waals surface area contributed by atoms with Gasteiger partial charge in [0.2, 0.25) is 0 Å². The fourth-order valence-electron chi connectivity index (χ4n) is 0.840. The van der Waals surface area contributed by atoms with Gasteiger partial charge in [-0.1, -0.05) is 0 Å². The van der Waals surface area contributed by atoms with Gasteiger partial charge in [-0.15, -0.1) is 0 Å². The summed E-state index contributed by atoms with van der Waals surface area (Å²) in [5.41, 5.74) is 4.94. The maximum absolute atomic E-state index is 12.9. The molecule has 0 radical (unpaired) electrons. The molecule has 3 N–H and O–H groups in total. The Bertz CT molecular complexity index is 312. The highest BCUT2D eigenvalue weighted by Crippen LogP contribution is 2.14. The Morgan fingerprint density at radius 3 is 2.75 bits per heavy atom. The normalized spacial score (nSPS) is 9.83. The van der Waals surface area contributed by atoms with E-state index in [9.17, 15) is 9.18 Å². The second-order valence-electron chi connectivity index (χ2n) is 2.29. The van der Waals surface area contributed by atoms with Crippen LogP contribution in [0.5, 0.6) is 5.75 Å². The van der Waals surface area contributed by atoms with Crippen molar-refractivity contribution in [1.82, 2.24) is 0 Å². The number of carbonyl (C=O) groups is 1. The van der Waals surface area contributed by atoms with Crippen molar-refractivity contribution in [3.63, 3.8) is 0 Å². The van der Waals surface area contributed by atoms with Gasteiger partial charge < -0.3 is 10.8 Å². The number of ketones is 1. The third kappa shape index (κ3) is 1.60. The first-order chi connectivity index (χ1) is 5.65. The van der Waals surface area contributed by atoms with Crippen molar-refractivity contribution < 1.29 is 14.3 Å². The van der Waals surface area contributed by atoms with E-state index in [1.54, 1.807) is 0 Å². The summed E-state index contributed by atoms with van der Waals surface area (Å²) in [6.07, 6.45) is 0. The molecule has 0 aromatic heterocycles. The molecule has 0 saturated heterocycles. The number of hydrogen-bond donors (Lipinski definition) is 2. The minimum Gasteiger partial charge on any atom is -0.508 e. The zero-order chi connectivity index (χ0) is 9.14. The molecule has 0 spiro atoms. The average molecular weight is 169 g/mol. The van der Waals surface area contributed by atoms with Gasteiger partial charge in [-0.25, -0.2) is 4.39 Å². The maximum Gasteiger partial charge on any atom is 0.179 e. The molecule has 0 aliphatic rings. The summed E-state index contributed by atoms with van der Waals surface area (Å²) in [6.45, 7) is -0.234. The fraction of sp³-hybridized carbons (Fsp3) is 0.125. The van der Waals surface area contributed by atoms with Crippen LogP contribution in [0.2, 0.25) is 0 Å². The topological polar surface area (TPSA) is 63.3 Å². The molecule has 1 aromatic rings. The molecule has 0 aliphatic carbocycles. The van der Waals surface area contributed by atoms with Gasteiger partial charge >= 0.3 is 0 Å².